The second-order valence-electron chi connectivity index (χ2n) is 4.94. The minimum Gasteiger partial charge on any atom is -0.487 e. The Morgan fingerprint density at radius 1 is 1.15 bits per heavy atom. The molecule has 3 nitrogen and oxygen atoms in total. The normalized spacial score (nSPS) is 12.2. The van der Waals surface area contributed by atoms with Crippen LogP contribution in [-0.4, -0.2) is 11.1 Å². The number of hydrogen-bond donors (Lipinski definition) is 1. The fourth-order valence-corrected chi connectivity index (χ4v) is 2.33. The molecule has 4 heteroatoms. The lowest BCUT2D eigenvalue weighted by Crippen LogP contribution is -2.12. The maximum Gasteiger partial charge on any atom is 0.169 e. The van der Waals surface area contributed by atoms with E-state index >= 15 is 0 Å². The van der Waals surface area contributed by atoms with Crippen LogP contribution in [0.4, 0.5) is 5.82 Å². The van der Waals surface area contributed by atoms with Crippen molar-refractivity contribution < 1.29 is 4.74 Å². The lowest BCUT2D eigenvalue weighted by atomic mass is 10.1. The molecule has 1 N–H and O–H groups in total. The number of anilines is 1. The van der Waals surface area contributed by atoms with E-state index in [9.17, 15) is 0 Å². The van der Waals surface area contributed by atoms with Crippen LogP contribution in [0.2, 0.25) is 0 Å². The van der Waals surface area contributed by atoms with E-state index in [1.807, 2.05) is 38.1 Å². The molecule has 0 spiro atoms. The van der Waals surface area contributed by atoms with Crippen molar-refractivity contribution in [2.75, 3.05) is 5.32 Å². The molecule has 0 amide bonds. The van der Waals surface area contributed by atoms with E-state index in [0.717, 1.165) is 16.0 Å². The summed E-state index contributed by atoms with van der Waals surface area (Å²) >= 11 is 3.49. The molecule has 20 heavy (non-hydrogen) atoms. The number of rotatable bonds is 5. The van der Waals surface area contributed by atoms with Crippen molar-refractivity contribution in [1.29, 1.82) is 0 Å². The summed E-state index contributed by atoms with van der Waals surface area (Å²) in [5.74, 6) is 1.55. The topological polar surface area (TPSA) is 34.1 Å². The fraction of sp³-hybridized carbons (Fsp3) is 0.312. The molecular weight excluding hydrogens is 316 g/mol. The predicted molar refractivity (Wildman–Crippen MR) is 86.2 cm³/mol. The molecule has 0 fully saturated rings. The van der Waals surface area contributed by atoms with E-state index in [-0.39, 0.29) is 12.1 Å². The summed E-state index contributed by atoms with van der Waals surface area (Å²) in [6, 6.07) is 12.2. The summed E-state index contributed by atoms with van der Waals surface area (Å²) in [7, 11) is 0. The van der Waals surface area contributed by atoms with Gasteiger partial charge in [-0.25, -0.2) is 4.98 Å². The van der Waals surface area contributed by atoms with Crippen LogP contribution in [0.3, 0.4) is 0 Å². The van der Waals surface area contributed by atoms with Crippen LogP contribution in [0.25, 0.3) is 0 Å². The van der Waals surface area contributed by atoms with Crippen molar-refractivity contribution in [2.45, 2.75) is 32.9 Å². The number of pyridine rings is 1. The Balaban J connectivity index is 2.17. The molecule has 1 unspecified atom stereocenters. The number of halogens is 1. The molecule has 1 heterocycles. The van der Waals surface area contributed by atoms with Crippen LogP contribution in [0.1, 0.15) is 32.4 Å². The second-order valence-corrected chi connectivity index (χ2v) is 5.85. The number of ether oxygens (including phenoxy) is 1. The molecule has 1 aromatic carbocycles. The number of hydrogen-bond acceptors (Lipinski definition) is 3. The molecule has 0 aliphatic rings. The van der Waals surface area contributed by atoms with Crippen molar-refractivity contribution in [3.8, 4) is 5.75 Å². The first-order valence-corrected chi connectivity index (χ1v) is 7.49. The van der Waals surface area contributed by atoms with E-state index in [4.69, 9.17) is 4.74 Å². The Bertz CT molecular complexity index is 572. The molecular formula is C16H19BrN2O. The van der Waals surface area contributed by atoms with Crippen molar-refractivity contribution in [1.82, 2.24) is 4.98 Å². The minimum absolute atomic E-state index is 0.126. The summed E-state index contributed by atoms with van der Waals surface area (Å²) in [4.78, 5) is 4.37. The standard InChI is InChI=1S/C16H19BrN2O/c1-11(2)20-15-8-5-9-18-16(15)19-12(3)13-6-4-7-14(17)10-13/h4-12H,1-3H3,(H,18,19). The lowest BCUT2D eigenvalue weighted by Gasteiger charge is -2.19. The Morgan fingerprint density at radius 3 is 2.65 bits per heavy atom. The van der Waals surface area contributed by atoms with Gasteiger partial charge in [-0.15, -0.1) is 0 Å². The lowest BCUT2D eigenvalue weighted by molar-refractivity contribution is 0.242. The zero-order valence-corrected chi connectivity index (χ0v) is 13.5. The third kappa shape index (κ3) is 3.97. The van der Waals surface area contributed by atoms with Gasteiger partial charge in [0.1, 0.15) is 0 Å². The molecule has 0 aliphatic carbocycles. The van der Waals surface area contributed by atoms with Gasteiger partial charge < -0.3 is 10.1 Å². The molecule has 0 radical (unpaired) electrons. The highest BCUT2D eigenvalue weighted by molar-refractivity contribution is 9.10. The second kappa shape index (κ2) is 6.75. The number of aromatic nitrogens is 1. The summed E-state index contributed by atoms with van der Waals surface area (Å²) in [6.07, 6.45) is 1.89. The van der Waals surface area contributed by atoms with Gasteiger partial charge in [-0.05, 0) is 50.6 Å². The molecule has 1 aromatic heterocycles. The Hall–Kier alpha value is -1.55. The zero-order valence-electron chi connectivity index (χ0n) is 11.9. The van der Waals surface area contributed by atoms with Crippen molar-refractivity contribution in [2.24, 2.45) is 0 Å². The van der Waals surface area contributed by atoms with Gasteiger partial charge in [0.25, 0.3) is 0 Å². The van der Waals surface area contributed by atoms with Crippen LogP contribution in [0.5, 0.6) is 5.75 Å². The van der Waals surface area contributed by atoms with Gasteiger partial charge in [0.05, 0.1) is 12.1 Å². The molecule has 2 rings (SSSR count). The molecule has 1 atom stereocenters. The molecule has 0 saturated carbocycles. The maximum atomic E-state index is 5.77. The highest BCUT2D eigenvalue weighted by atomic mass is 79.9. The van der Waals surface area contributed by atoms with Crippen LogP contribution in [0.15, 0.2) is 47.1 Å². The first-order chi connectivity index (χ1) is 9.56. The van der Waals surface area contributed by atoms with Gasteiger partial charge in [0.2, 0.25) is 0 Å². The van der Waals surface area contributed by atoms with Crippen molar-refractivity contribution >= 4 is 21.7 Å². The van der Waals surface area contributed by atoms with Gasteiger partial charge in [-0.3, -0.25) is 0 Å². The van der Waals surface area contributed by atoms with E-state index < -0.39 is 0 Å². The molecule has 2 aromatic rings. The van der Waals surface area contributed by atoms with Gasteiger partial charge in [-0.1, -0.05) is 28.1 Å². The van der Waals surface area contributed by atoms with Crippen molar-refractivity contribution in [3.05, 3.63) is 52.6 Å². The van der Waals surface area contributed by atoms with Gasteiger partial charge >= 0.3 is 0 Å². The van der Waals surface area contributed by atoms with Crippen LogP contribution in [0, 0.1) is 0 Å². The zero-order chi connectivity index (χ0) is 14.5. The number of nitrogens with one attached hydrogen (secondary N) is 1. The first-order valence-electron chi connectivity index (χ1n) is 6.70. The van der Waals surface area contributed by atoms with Gasteiger partial charge in [0.15, 0.2) is 11.6 Å². The van der Waals surface area contributed by atoms with E-state index in [2.05, 4.69) is 45.3 Å². The quantitative estimate of drug-likeness (QED) is 0.852. The monoisotopic (exact) mass is 334 g/mol. The summed E-state index contributed by atoms with van der Waals surface area (Å²) < 4.78 is 6.84. The van der Waals surface area contributed by atoms with Crippen LogP contribution in [-0.2, 0) is 0 Å². The predicted octanol–water partition coefficient (Wildman–Crippen LogP) is 4.80. The Morgan fingerprint density at radius 2 is 1.95 bits per heavy atom. The summed E-state index contributed by atoms with van der Waals surface area (Å²) in [6.45, 7) is 6.12. The number of benzene rings is 1. The first kappa shape index (κ1) is 14.9. The highest BCUT2D eigenvalue weighted by Crippen LogP contribution is 2.27. The third-order valence-corrected chi connectivity index (χ3v) is 3.33. The van der Waals surface area contributed by atoms with Crippen LogP contribution >= 0.6 is 15.9 Å². The fourth-order valence-electron chi connectivity index (χ4n) is 1.91. The van der Waals surface area contributed by atoms with Crippen LogP contribution < -0.4 is 10.1 Å². The SMILES string of the molecule is CC(C)Oc1cccnc1NC(C)c1cccc(Br)c1. The average Bonchev–Trinajstić information content (AvgIpc) is 2.40. The van der Waals surface area contributed by atoms with E-state index in [1.54, 1.807) is 6.20 Å². The molecule has 106 valence electrons. The maximum absolute atomic E-state index is 5.77. The largest absolute Gasteiger partial charge is 0.487 e. The Labute approximate surface area is 128 Å². The molecule has 0 aliphatic heterocycles. The average molecular weight is 335 g/mol. The number of nitrogens with zero attached hydrogens (tertiary/aromatic N) is 1. The third-order valence-electron chi connectivity index (χ3n) is 2.84. The molecule has 0 saturated heterocycles. The van der Waals surface area contributed by atoms with Crippen molar-refractivity contribution in [3.63, 3.8) is 0 Å². The van der Waals surface area contributed by atoms with Gasteiger partial charge in [0, 0.05) is 10.7 Å². The molecule has 0 bridgehead atoms. The summed E-state index contributed by atoms with van der Waals surface area (Å²) in [5.41, 5.74) is 1.19. The van der Waals surface area contributed by atoms with Gasteiger partial charge in [-0.2, -0.15) is 0 Å². The minimum atomic E-state index is 0.126. The summed E-state index contributed by atoms with van der Waals surface area (Å²) in [5, 5.41) is 3.40. The van der Waals surface area contributed by atoms with E-state index in [0.29, 0.717) is 0 Å². The Kier molecular flexibility index (Phi) is 5.01. The van der Waals surface area contributed by atoms with E-state index in [1.165, 1.54) is 5.56 Å². The smallest absolute Gasteiger partial charge is 0.169 e. The highest BCUT2D eigenvalue weighted by Gasteiger charge is 2.11.